The summed E-state index contributed by atoms with van der Waals surface area (Å²) in [5.41, 5.74) is 3.78. The van der Waals surface area contributed by atoms with Crippen LogP contribution in [-0.4, -0.2) is 70.1 Å². The molecule has 2 aromatic carbocycles. The molecule has 8 nitrogen and oxygen atoms in total. The number of fused-ring (bicyclic) bond motifs is 1. The van der Waals surface area contributed by atoms with Crippen LogP contribution < -0.4 is 4.90 Å². The first-order chi connectivity index (χ1) is 18.1. The van der Waals surface area contributed by atoms with Gasteiger partial charge in [-0.25, -0.2) is 4.98 Å². The van der Waals surface area contributed by atoms with Crippen molar-refractivity contribution in [2.24, 2.45) is 0 Å². The van der Waals surface area contributed by atoms with Crippen LogP contribution in [0.1, 0.15) is 47.6 Å². The van der Waals surface area contributed by atoms with E-state index in [0.29, 0.717) is 30.4 Å². The molecule has 0 aliphatic carbocycles. The number of pyridine rings is 1. The second-order valence-corrected chi connectivity index (χ2v) is 10.1. The molecule has 0 N–H and O–H groups in total. The predicted molar refractivity (Wildman–Crippen MR) is 144 cm³/mol. The fraction of sp³-hybridized carbons (Fsp3) is 0.379. The lowest BCUT2D eigenvalue weighted by Crippen LogP contribution is -2.49. The Hall–Kier alpha value is -3.78. The molecule has 2 aliphatic rings. The molecule has 0 bridgehead atoms. The highest BCUT2D eigenvalue weighted by Crippen LogP contribution is 2.29. The Morgan fingerprint density at radius 2 is 1.65 bits per heavy atom. The van der Waals surface area contributed by atoms with Crippen LogP contribution in [0.15, 0.2) is 59.1 Å². The van der Waals surface area contributed by atoms with Crippen molar-refractivity contribution in [1.29, 1.82) is 0 Å². The normalized spacial score (nSPS) is 17.5. The molecule has 0 saturated carbocycles. The van der Waals surface area contributed by atoms with Crippen molar-refractivity contribution in [3.05, 3.63) is 71.6 Å². The van der Waals surface area contributed by atoms with Crippen LogP contribution in [0.4, 0.5) is 5.82 Å². The molecule has 4 aromatic rings. The molecule has 1 unspecified atom stereocenters. The minimum absolute atomic E-state index is 0.0218. The van der Waals surface area contributed by atoms with Crippen molar-refractivity contribution in [3.8, 4) is 11.4 Å². The van der Waals surface area contributed by atoms with E-state index in [1.165, 1.54) is 5.56 Å². The standard InChI is InChI=1S/C29H32N6O2/c1-20-9-11-22(12-10-20)26-31-28(37-32-26)21(2)33-15-17-35(18-16-33)29(36)24-19-23-7-3-4-8-25(23)30-27(24)34-13-5-6-14-34/h3-4,7-12,19,21H,5-6,13-18H2,1-2H3. The molecule has 2 fully saturated rings. The van der Waals surface area contributed by atoms with Gasteiger partial charge in [0.15, 0.2) is 0 Å². The molecular formula is C29H32N6O2. The number of hydrogen-bond acceptors (Lipinski definition) is 7. The van der Waals surface area contributed by atoms with Gasteiger partial charge < -0.3 is 14.3 Å². The number of nitrogens with zero attached hydrogens (tertiary/aromatic N) is 6. The minimum atomic E-state index is -0.0218. The van der Waals surface area contributed by atoms with E-state index in [-0.39, 0.29) is 11.9 Å². The number of hydrogen-bond donors (Lipinski definition) is 0. The van der Waals surface area contributed by atoms with Gasteiger partial charge in [0.2, 0.25) is 11.7 Å². The van der Waals surface area contributed by atoms with Crippen LogP contribution in [0.3, 0.4) is 0 Å². The topological polar surface area (TPSA) is 78.6 Å². The second-order valence-electron chi connectivity index (χ2n) is 10.1. The lowest BCUT2D eigenvalue weighted by atomic mass is 10.1. The second kappa shape index (κ2) is 9.94. The Bertz CT molecular complexity index is 1400. The highest BCUT2D eigenvalue weighted by molar-refractivity contribution is 6.02. The van der Waals surface area contributed by atoms with Gasteiger partial charge in [-0.05, 0) is 38.8 Å². The van der Waals surface area contributed by atoms with E-state index in [1.807, 2.05) is 59.5 Å². The lowest BCUT2D eigenvalue weighted by Gasteiger charge is -2.37. The fourth-order valence-corrected chi connectivity index (χ4v) is 5.30. The summed E-state index contributed by atoms with van der Waals surface area (Å²) in [6.07, 6.45) is 2.28. The molecule has 4 heterocycles. The van der Waals surface area contributed by atoms with E-state index < -0.39 is 0 Å². The Morgan fingerprint density at radius 1 is 0.919 bits per heavy atom. The fourth-order valence-electron chi connectivity index (χ4n) is 5.30. The van der Waals surface area contributed by atoms with Crippen LogP contribution in [0.2, 0.25) is 0 Å². The molecule has 8 heteroatoms. The maximum Gasteiger partial charge on any atom is 0.257 e. The zero-order valence-electron chi connectivity index (χ0n) is 21.4. The van der Waals surface area contributed by atoms with E-state index >= 15 is 0 Å². The van der Waals surface area contributed by atoms with Crippen LogP contribution in [0.5, 0.6) is 0 Å². The molecule has 1 atom stereocenters. The van der Waals surface area contributed by atoms with Crippen molar-refractivity contribution in [1.82, 2.24) is 24.9 Å². The Kier molecular flexibility index (Phi) is 6.34. The van der Waals surface area contributed by atoms with Gasteiger partial charge in [0.05, 0.1) is 17.1 Å². The third-order valence-electron chi connectivity index (χ3n) is 7.60. The quantitative estimate of drug-likeness (QED) is 0.396. The van der Waals surface area contributed by atoms with Crippen LogP contribution in [0, 0.1) is 6.92 Å². The van der Waals surface area contributed by atoms with Gasteiger partial charge in [0, 0.05) is 50.2 Å². The van der Waals surface area contributed by atoms with E-state index in [1.54, 1.807) is 0 Å². The minimum Gasteiger partial charge on any atom is -0.356 e. The molecule has 0 spiro atoms. The summed E-state index contributed by atoms with van der Waals surface area (Å²) in [5.74, 6) is 2.10. The third kappa shape index (κ3) is 4.69. The largest absolute Gasteiger partial charge is 0.356 e. The van der Waals surface area contributed by atoms with E-state index in [2.05, 4.69) is 33.8 Å². The number of carbonyl (C=O) groups excluding carboxylic acids is 1. The van der Waals surface area contributed by atoms with E-state index in [0.717, 1.165) is 61.3 Å². The molecule has 190 valence electrons. The van der Waals surface area contributed by atoms with E-state index in [4.69, 9.17) is 9.51 Å². The Morgan fingerprint density at radius 3 is 2.41 bits per heavy atom. The molecule has 6 rings (SSSR count). The summed E-state index contributed by atoms with van der Waals surface area (Å²) in [6, 6.07) is 18.2. The number of anilines is 1. The van der Waals surface area contributed by atoms with Crippen LogP contribution >= 0.6 is 0 Å². The Balaban J connectivity index is 1.16. The number of carbonyl (C=O) groups is 1. The van der Waals surface area contributed by atoms with Crippen molar-refractivity contribution in [2.75, 3.05) is 44.2 Å². The van der Waals surface area contributed by atoms with Gasteiger partial charge in [-0.1, -0.05) is 53.2 Å². The van der Waals surface area contributed by atoms with Crippen LogP contribution in [-0.2, 0) is 0 Å². The number of rotatable bonds is 5. The first-order valence-corrected chi connectivity index (χ1v) is 13.2. The number of aryl methyl sites for hydroxylation is 1. The maximum absolute atomic E-state index is 13.8. The first-order valence-electron chi connectivity index (χ1n) is 13.2. The van der Waals surface area contributed by atoms with Gasteiger partial charge in [-0.3, -0.25) is 9.69 Å². The third-order valence-corrected chi connectivity index (χ3v) is 7.60. The molecule has 37 heavy (non-hydrogen) atoms. The Labute approximate surface area is 216 Å². The zero-order chi connectivity index (χ0) is 25.4. The number of amides is 1. The lowest BCUT2D eigenvalue weighted by molar-refractivity contribution is 0.0552. The molecular weight excluding hydrogens is 464 g/mol. The molecule has 2 aromatic heterocycles. The maximum atomic E-state index is 13.8. The number of aromatic nitrogens is 3. The highest BCUT2D eigenvalue weighted by atomic mass is 16.5. The van der Waals surface area contributed by atoms with Gasteiger partial charge in [-0.2, -0.15) is 4.98 Å². The predicted octanol–water partition coefficient (Wildman–Crippen LogP) is 4.71. The van der Waals surface area contributed by atoms with Crippen LogP contribution in [0.25, 0.3) is 22.3 Å². The molecule has 0 radical (unpaired) electrons. The summed E-state index contributed by atoms with van der Waals surface area (Å²) >= 11 is 0. The van der Waals surface area contributed by atoms with Crippen molar-refractivity contribution < 1.29 is 9.32 Å². The van der Waals surface area contributed by atoms with Gasteiger partial charge in [-0.15, -0.1) is 0 Å². The smallest absolute Gasteiger partial charge is 0.257 e. The molecule has 2 saturated heterocycles. The van der Waals surface area contributed by atoms with Gasteiger partial charge >= 0.3 is 0 Å². The SMILES string of the molecule is Cc1ccc(-c2noc(C(C)N3CCN(C(=O)c4cc5ccccc5nc4N4CCCC4)CC3)n2)cc1. The monoisotopic (exact) mass is 496 g/mol. The van der Waals surface area contributed by atoms with E-state index in [9.17, 15) is 4.79 Å². The number of benzene rings is 2. The first kappa shape index (κ1) is 23.6. The average molecular weight is 497 g/mol. The number of para-hydroxylation sites is 1. The van der Waals surface area contributed by atoms with Gasteiger partial charge in [0.1, 0.15) is 5.82 Å². The summed E-state index contributed by atoms with van der Waals surface area (Å²) < 4.78 is 5.62. The summed E-state index contributed by atoms with van der Waals surface area (Å²) in [4.78, 5) is 29.9. The average Bonchev–Trinajstić information content (AvgIpc) is 3.65. The summed E-state index contributed by atoms with van der Waals surface area (Å²) in [5, 5.41) is 5.20. The van der Waals surface area contributed by atoms with Crippen molar-refractivity contribution in [3.63, 3.8) is 0 Å². The highest BCUT2D eigenvalue weighted by Gasteiger charge is 2.30. The number of piperazine rings is 1. The molecule has 1 amide bonds. The molecule has 2 aliphatic heterocycles. The zero-order valence-corrected chi connectivity index (χ0v) is 21.4. The van der Waals surface area contributed by atoms with Gasteiger partial charge in [0.25, 0.3) is 5.91 Å². The van der Waals surface area contributed by atoms with Crippen molar-refractivity contribution >= 4 is 22.6 Å². The summed E-state index contributed by atoms with van der Waals surface area (Å²) in [7, 11) is 0. The summed E-state index contributed by atoms with van der Waals surface area (Å²) in [6.45, 7) is 8.83. The van der Waals surface area contributed by atoms with Crippen molar-refractivity contribution in [2.45, 2.75) is 32.7 Å².